The van der Waals surface area contributed by atoms with Crippen LogP contribution in [0.1, 0.15) is 23.2 Å². The van der Waals surface area contributed by atoms with E-state index in [1.807, 2.05) is 17.0 Å². The van der Waals surface area contributed by atoms with Gasteiger partial charge in [-0.15, -0.1) is 0 Å². The molecule has 33 heavy (non-hydrogen) atoms. The van der Waals surface area contributed by atoms with Gasteiger partial charge >= 0.3 is 0 Å². The standard InChI is InChI=1S/C24H30ClN5O3/c1-28-11-13-30(14-12-28)24(32)18-3-5-21(33-2)20(15-18)27-23(31)17-7-9-29(10-8-17)22-6-4-19(25)16-26-22/h3-6,15-17H,7-14H2,1-2H3,(H,27,31). The number of pyridine rings is 1. The number of likely N-dealkylation sites (N-methyl/N-ethyl adjacent to an activating group) is 1. The number of hydrogen-bond donors (Lipinski definition) is 1. The smallest absolute Gasteiger partial charge is 0.254 e. The molecule has 8 nitrogen and oxygen atoms in total. The van der Waals surface area contributed by atoms with Gasteiger partial charge in [-0.2, -0.15) is 0 Å². The number of halogens is 1. The van der Waals surface area contributed by atoms with Crippen molar-refractivity contribution >= 4 is 34.9 Å². The highest BCUT2D eigenvalue weighted by Crippen LogP contribution is 2.29. The fourth-order valence-electron chi connectivity index (χ4n) is 4.29. The lowest BCUT2D eigenvalue weighted by molar-refractivity contribution is -0.120. The SMILES string of the molecule is COc1ccc(C(=O)N2CCN(C)CC2)cc1NC(=O)C1CCN(c2ccc(Cl)cn2)CC1. The highest BCUT2D eigenvalue weighted by molar-refractivity contribution is 6.30. The molecule has 1 aromatic heterocycles. The van der Waals surface area contributed by atoms with Gasteiger partial charge in [-0.25, -0.2) is 4.98 Å². The Bertz CT molecular complexity index is 984. The molecule has 0 radical (unpaired) electrons. The number of hydrogen-bond acceptors (Lipinski definition) is 6. The number of piperidine rings is 1. The van der Waals surface area contributed by atoms with Crippen LogP contribution in [0.3, 0.4) is 0 Å². The quantitative estimate of drug-likeness (QED) is 0.722. The predicted octanol–water partition coefficient (Wildman–Crippen LogP) is 2.99. The van der Waals surface area contributed by atoms with Gasteiger partial charge in [0.15, 0.2) is 0 Å². The maximum atomic E-state index is 13.0. The van der Waals surface area contributed by atoms with Crippen LogP contribution in [0, 0.1) is 5.92 Å². The summed E-state index contributed by atoms with van der Waals surface area (Å²) in [6.07, 6.45) is 3.08. The normalized spacial score (nSPS) is 17.7. The molecule has 0 unspecified atom stereocenters. The first-order chi connectivity index (χ1) is 15.9. The molecule has 2 saturated heterocycles. The molecule has 0 spiro atoms. The Hall–Kier alpha value is -2.84. The van der Waals surface area contributed by atoms with E-state index >= 15 is 0 Å². The zero-order chi connectivity index (χ0) is 23.4. The summed E-state index contributed by atoms with van der Waals surface area (Å²) in [7, 11) is 3.61. The minimum atomic E-state index is -0.116. The molecular formula is C24H30ClN5O3. The number of anilines is 2. The molecule has 1 aromatic carbocycles. The van der Waals surface area contributed by atoms with Gasteiger partial charge in [0.1, 0.15) is 11.6 Å². The van der Waals surface area contributed by atoms with E-state index in [2.05, 4.69) is 27.1 Å². The Morgan fingerprint density at radius 1 is 1.06 bits per heavy atom. The van der Waals surface area contributed by atoms with E-state index in [1.165, 1.54) is 0 Å². The predicted molar refractivity (Wildman–Crippen MR) is 129 cm³/mol. The van der Waals surface area contributed by atoms with Crippen LogP contribution in [-0.2, 0) is 4.79 Å². The number of amides is 2. The molecule has 2 aliphatic heterocycles. The number of methoxy groups -OCH3 is 1. The van der Waals surface area contributed by atoms with E-state index in [4.69, 9.17) is 16.3 Å². The number of piperazine rings is 1. The Balaban J connectivity index is 1.39. The largest absolute Gasteiger partial charge is 0.495 e. The summed E-state index contributed by atoms with van der Waals surface area (Å²) in [4.78, 5) is 36.6. The fraction of sp³-hybridized carbons (Fsp3) is 0.458. The van der Waals surface area contributed by atoms with Crippen LogP contribution in [0.15, 0.2) is 36.5 Å². The topological polar surface area (TPSA) is 78.0 Å². The van der Waals surface area contributed by atoms with Crippen LogP contribution in [0.2, 0.25) is 5.02 Å². The van der Waals surface area contributed by atoms with Crippen LogP contribution < -0.4 is 15.0 Å². The van der Waals surface area contributed by atoms with E-state index < -0.39 is 0 Å². The van der Waals surface area contributed by atoms with Crippen LogP contribution >= 0.6 is 11.6 Å². The van der Waals surface area contributed by atoms with Crippen molar-refractivity contribution in [3.63, 3.8) is 0 Å². The summed E-state index contributed by atoms with van der Waals surface area (Å²) in [5.74, 6) is 1.22. The molecule has 0 aliphatic carbocycles. The van der Waals surface area contributed by atoms with Crippen molar-refractivity contribution in [2.45, 2.75) is 12.8 Å². The first kappa shape index (κ1) is 23.3. The Labute approximate surface area is 199 Å². The summed E-state index contributed by atoms with van der Waals surface area (Å²) in [5, 5.41) is 3.61. The minimum Gasteiger partial charge on any atom is -0.495 e. The van der Waals surface area contributed by atoms with E-state index in [1.54, 1.807) is 31.5 Å². The first-order valence-corrected chi connectivity index (χ1v) is 11.7. The zero-order valence-corrected chi connectivity index (χ0v) is 19.8. The van der Waals surface area contributed by atoms with E-state index in [9.17, 15) is 9.59 Å². The molecule has 2 fully saturated rings. The molecule has 0 atom stereocenters. The third-order valence-electron chi connectivity index (χ3n) is 6.40. The Morgan fingerprint density at radius 3 is 2.42 bits per heavy atom. The third kappa shape index (κ3) is 5.57. The van der Waals surface area contributed by atoms with Crippen molar-refractivity contribution < 1.29 is 14.3 Å². The Kier molecular flexibility index (Phi) is 7.35. The highest BCUT2D eigenvalue weighted by Gasteiger charge is 2.27. The maximum absolute atomic E-state index is 13.0. The van der Waals surface area contributed by atoms with Crippen LogP contribution in [0.25, 0.3) is 0 Å². The number of carbonyl (C=O) groups excluding carboxylic acids is 2. The van der Waals surface area contributed by atoms with E-state index in [0.717, 1.165) is 44.8 Å². The molecule has 1 N–H and O–H groups in total. The summed E-state index contributed by atoms with van der Waals surface area (Å²) < 4.78 is 5.44. The molecule has 2 aliphatic rings. The van der Waals surface area contributed by atoms with Gasteiger partial charge in [0, 0.05) is 56.9 Å². The number of rotatable bonds is 5. The second-order valence-corrected chi connectivity index (χ2v) is 9.03. The fourth-order valence-corrected chi connectivity index (χ4v) is 4.40. The lowest BCUT2D eigenvalue weighted by atomic mass is 9.95. The van der Waals surface area contributed by atoms with Crippen molar-refractivity contribution in [3.8, 4) is 5.75 Å². The minimum absolute atomic E-state index is 0.0231. The molecule has 9 heteroatoms. The average Bonchev–Trinajstić information content (AvgIpc) is 2.84. The lowest BCUT2D eigenvalue weighted by Gasteiger charge is -2.33. The molecule has 4 rings (SSSR count). The van der Waals surface area contributed by atoms with Crippen LogP contribution in [0.4, 0.5) is 11.5 Å². The summed E-state index contributed by atoms with van der Waals surface area (Å²) >= 11 is 5.93. The maximum Gasteiger partial charge on any atom is 0.254 e. The molecule has 0 saturated carbocycles. The lowest BCUT2D eigenvalue weighted by Crippen LogP contribution is -2.47. The molecule has 3 heterocycles. The number of benzene rings is 1. The molecular weight excluding hydrogens is 442 g/mol. The van der Waals surface area contributed by atoms with Gasteiger partial charge in [-0.3, -0.25) is 9.59 Å². The van der Waals surface area contributed by atoms with Crippen molar-refractivity contribution in [3.05, 3.63) is 47.1 Å². The van der Waals surface area contributed by atoms with Gasteiger partial charge in [0.05, 0.1) is 17.8 Å². The number of ether oxygens (including phenoxy) is 1. The van der Waals surface area contributed by atoms with Gasteiger partial charge < -0.3 is 24.8 Å². The van der Waals surface area contributed by atoms with E-state index in [-0.39, 0.29) is 17.7 Å². The second kappa shape index (κ2) is 10.4. The number of carbonyl (C=O) groups is 2. The number of aromatic nitrogens is 1. The van der Waals surface area contributed by atoms with Gasteiger partial charge in [0.2, 0.25) is 5.91 Å². The number of nitrogens with one attached hydrogen (secondary N) is 1. The summed E-state index contributed by atoms with van der Waals surface area (Å²) in [6, 6.07) is 8.95. The molecule has 2 aromatic rings. The van der Waals surface area contributed by atoms with E-state index in [0.29, 0.717) is 35.1 Å². The van der Waals surface area contributed by atoms with Gasteiger partial charge in [-0.05, 0) is 50.2 Å². The molecule has 2 amide bonds. The van der Waals surface area contributed by atoms with Gasteiger partial charge in [-0.1, -0.05) is 11.6 Å². The van der Waals surface area contributed by atoms with Crippen molar-refractivity contribution in [1.29, 1.82) is 0 Å². The van der Waals surface area contributed by atoms with Gasteiger partial charge in [0.25, 0.3) is 5.91 Å². The molecule has 176 valence electrons. The Morgan fingerprint density at radius 2 is 1.79 bits per heavy atom. The van der Waals surface area contributed by atoms with Crippen molar-refractivity contribution in [2.75, 3.05) is 63.6 Å². The number of nitrogens with zero attached hydrogens (tertiary/aromatic N) is 4. The van der Waals surface area contributed by atoms with Crippen molar-refractivity contribution in [2.24, 2.45) is 5.92 Å². The van der Waals surface area contributed by atoms with Crippen LogP contribution in [0.5, 0.6) is 5.75 Å². The van der Waals surface area contributed by atoms with Crippen molar-refractivity contribution in [1.82, 2.24) is 14.8 Å². The molecule has 0 bridgehead atoms. The summed E-state index contributed by atoms with van der Waals surface area (Å²) in [6.45, 7) is 4.59. The second-order valence-electron chi connectivity index (χ2n) is 8.60. The summed E-state index contributed by atoms with van der Waals surface area (Å²) in [5.41, 5.74) is 1.09. The highest BCUT2D eigenvalue weighted by atomic mass is 35.5. The average molecular weight is 472 g/mol. The first-order valence-electron chi connectivity index (χ1n) is 11.3. The van der Waals surface area contributed by atoms with Crippen LogP contribution in [-0.4, -0.2) is 80.0 Å². The third-order valence-corrected chi connectivity index (χ3v) is 6.62. The monoisotopic (exact) mass is 471 g/mol. The zero-order valence-electron chi connectivity index (χ0n) is 19.1.